The van der Waals surface area contributed by atoms with Crippen molar-refractivity contribution in [2.24, 2.45) is 0 Å². The van der Waals surface area contributed by atoms with Crippen molar-refractivity contribution in [1.82, 2.24) is 0 Å². The fourth-order valence-electron chi connectivity index (χ4n) is 1.72. The minimum Gasteiger partial charge on any atom is -0.237 e. The van der Waals surface area contributed by atoms with Crippen molar-refractivity contribution in [3.8, 4) is 0 Å². The maximum atomic E-state index is 3.46. The quantitative estimate of drug-likeness (QED) is 0.399. The molecule has 0 spiro atoms. The molecule has 0 aliphatic carbocycles. The summed E-state index contributed by atoms with van der Waals surface area (Å²) in [5, 5.41) is 1.15. The van der Waals surface area contributed by atoms with Crippen LogP contribution in [0.4, 0.5) is 0 Å². The van der Waals surface area contributed by atoms with Crippen LogP contribution < -0.4 is 0 Å². The highest BCUT2D eigenvalue weighted by Crippen LogP contribution is 2.09. The lowest BCUT2D eigenvalue weighted by atomic mass is 10.1. The Hall–Kier alpha value is 0.150. The zero-order valence-corrected chi connectivity index (χ0v) is 9.52. The highest BCUT2D eigenvalue weighted by molar-refractivity contribution is 9.09. The largest absolute Gasteiger partial charge is 0.237 e. The van der Waals surface area contributed by atoms with Crippen molar-refractivity contribution in [2.75, 3.05) is 11.9 Å². The first-order chi connectivity index (χ1) is 5.84. The second-order valence-electron chi connectivity index (χ2n) is 3.60. The van der Waals surface area contributed by atoms with Gasteiger partial charge in [0, 0.05) is 24.6 Å². The van der Waals surface area contributed by atoms with E-state index in [9.17, 15) is 0 Å². The van der Waals surface area contributed by atoms with Gasteiger partial charge in [0.2, 0.25) is 0 Å². The highest BCUT2D eigenvalue weighted by atomic mass is 79.9. The van der Waals surface area contributed by atoms with Crippen LogP contribution in [0.3, 0.4) is 0 Å². The van der Waals surface area contributed by atoms with Crippen LogP contribution in [0.1, 0.15) is 39.0 Å². The van der Waals surface area contributed by atoms with Crippen LogP contribution in [0.2, 0.25) is 0 Å². The van der Waals surface area contributed by atoms with Crippen LogP contribution >= 0.6 is 15.9 Å². The van der Waals surface area contributed by atoms with Crippen molar-refractivity contribution < 1.29 is 4.58 Å². The second-order valence-corrected chi connectivity index (χ2v) is 4.39. The standard InChI is InChI=1S/C10H19BrN/c1-10-6-2-4-8-12(10)9-5-3-7-11/h8,10H,2-7,9H2,1H3/q+1. The Morgan fingerprint density at radius 3 is 3.00 bits per heavy atom. The number of hydrogen-bond acceptors (Lipinski definition) is 0. The molecular weight excluding hydrogens is 214 g/mol. The minimum atomic E-state index is 0.786. The average molecular weight is 233 g/mol. The summed E-state index contributed by atoms with van der Waals surface area (Å²) in [6.07, 6.45) is 9.07. The van der Waals surface area contributed by atoms with E-state index in [1.165, 1.54) is 38.6 Å². The van der Waals surface area contributed by atoms with Gasteiger partial charge in [-0.05, 0) is 19.8 Å². The summed E-state index contributed by atoms with van der Waals surface area (Å²) in [6, 6.07) is 0.786. The number of halogens is 1. The molecule has 0 bridgehead atoms. The molecule has 0 aromatic rings. The van der Waals surface area contributed by atoms with Crippen molar-refractivity contribution in [3.05, 3.63) is 0 Å². The van der Waals surface area contributed by atoms with E-state index in [-0.39, 0.29) is 0 Å². The molecule has 0 saturated carbocycles. The molecule has 1 rings (SSSR count). The molecule has 2 heteroatoms. The minimum absolute atomic E-state index is 0.786. The van der Waals surface area contributed by atoms with E-state index in [2.05, 4.69) is 33.6 Å². The molecule has 0 saturated heterocycles. The summed E-state index contributed by atoms with van der Waals surface area (Å²) >= 11 is 3.46. The number of nitrogens with zero attached hydrogens (tertiary/aromatic N) is 1. The van der Waals surface area contributed by atoms with Gasteiger partial charge in [-0.2, -0.15) is 0 Å². The van der Waals surface area contributed by atoms with Crippen LogP contribution in [-0.4, -0.2) is 28.7 Å². The number of rotatable bonds is 4. The molecule has 0 radical (unpaired) electrons. The molecule has 1 atom stereocenters. The van der Waals surface area contributed by atoms with Gasteiger partial charge >= 0.3 is 0 Å². The molecule has 1 heterocycles. The fourth-order valence-corrected chi connectivity index (χ4v) is 2.11. The summed E-state index contributed by atoms with van der Waals surface area (Å²) in [6.45, 7) is 3.59. The highest BCUT2D eigenvalue weighted by Gasteiger charge is 2.17. The van der Waals surface area contributed by atoms with Crippen molar-refractivity contribution >= 4 is 22.1 Å². The first-order valence-electron chi connectivity index (χ1n) is 4.99. The Bertz CT molecular complexity index is 154. The fraction of sp³-hybridized carbons (Fsp3) is 0.900. The van der Waals surface area contributed by atoms with Gasteiger partial charge in [0.1, 0.15) is 18.8 Å². The van der Waals surface area contributed by atoms with E-state index < -0.39 is 0 Å². The van der Waals surface area contributed by atoms with Crippen LogP contribution in [0.5, 0.6) is 0 Å². The molecule has 1 unspecified atom stereocenters. The van der Waals surface area contributed by atoms with Crippen molar-refractivity contribution in [2.45, 2.75) is 45.1 Å². The Balaban J connectivity index is 2.24. The van der Waals surface area contributed by atoms with Crippen molar-refractivity contribution in [3.63, 3.8) is 0 Å². The smallest absolute Gasteiger partial charge is 0.149 e. The van der Waals surface area contributed by atoms with Gasteiger partial charge in [-0.25, -0.2) is 4.58 Å². The zero-order chi connectivity index (χ0) is 8.81. The Morgan fingerprint density at radius 1 is 1.50 bits per heavy atom. The van der Waals surface area contributed by atoms with Crippen molar-refractivity contribution in [1.29, 1.82) is 0 Å². The second kappa shape index (κ2) is 5.74. The van der Waals surface area contributed by atoms with E-state index in [1.54, 1.807) is 0 Å². The van der Waals surface area contributed by atoms with E-state index in [1.807, 2.05) is 0 Å². The molecule has 1 aliphatic rings. The van der Waals surface area contributed by atoms with Gasteiger partial charge in [-0.1, -0.05) is 15.9 Å². The third kappa shape index (κ3) is 3.26. The van der Waals surface area contributed by atoms with Gasteiger partial charge in [-0.3, -0.25) is 0 Å². The van der Waals surface area contributed by atoms with E-state index >= 15 is 0 Å². The first kappa shape index (κ1) is 10.2. The normalized spacial score (nSPS) is 23.8. The Kier molecular flexibility index (Phi) is 4.89. The maximum absolute atomic E-state index is 3.46. The van der Waals surface area contributed by atoms with E-state index in [0.29, 0.717) is 0 Å². The molecule has 0 aromatic heterocycles. The van der Waals surface area contributed by atoms with Crippen LogP contribution in [0.15, 0.2) is 0 Å². The Labute approximate surface area is 84.0 Å². The van der Waals surface area contributed by atoms with Crippen LogP contribution in [-0.2, 0) is 0 Å². The van der Waals surface area contributed by atoms with Gasteiger partial charge in [0.25, 0.3) is 0 Å². The summed E-state index contributed by atoms with van der Waals surface area (Å²) in [5.41, 5.74) is 0. The van der Waals surface area contributed by atoms with E-state index in [4.69, 9.17) is 0 Å². The SMILES string of the molecule is CC1CCCC=[N+]1CCCCBr. The summed E-state index contributed by atoms with van der Waals surface area (Å²) in [7, 11) is 0. The van der Waals surface area contributed by atoms with Gasteiger partial charge in [0.05, 0.1) is 0 Å². The summed E-state index contributed by atoms with van der Waals surface area (Å²) in [4.78, 5) is 0. The van der Waals surface area contributed by atoms with Crippen LogP contribution in [0, 0.1) is 0 Å². The summed E-state index contributed by atoms with van der Waals surface area (Å²) in [5.74, 6) is 0. The third-order valence-electron chi connectivity index (χ3n) is 2.56. The van der Waals surface area contributed by atoms with Gasteiger partial charge in [0.15, 0.2) is 0 Å². The first-order valence-corrected chi connectivity index (χ1v) is 6.12. The Morgan fingerprint density at radius 2 is 2.33 bits per heavy atom. The lowest BCUT2D eigenvalue weighted by molar-refractivity contribution is -0.564. The zero-order valence-electron chi connectivity index (χ0n) is 7.93. The molecule has 0 aromatic carbocycles. The monoisotopic (exact) mass is 232 g/mol. The molecule has 1 nitrogen and oxygen atoms in total. The third-order valence-corrected chi connectivity index (χ3v) is 3.12. The number of hydrogen-bond donors (Lipinski definition) is 0. The summed E-state index contributed by atoms with van der Waals surface area (Å²) < 4.78 is 2.52. The number of alkyl halides is 1. The van der Waals surface area contributed by atoms with Crippen LogP contribution in [0.25, 0.3) is 0 Å². The molecule has 0 N–H and O–H groups in total. The lowest BCUT2D eigenvalue weighted by Crippen LogP contribution is -2.28. The maximum Gasteiger partial charge on any atom is 0.149 e. The molecular formula is C10H19BrN+. The molecule has 70 valence electrons. The topological polar surface area (TPSA) is 3.01 Å². The average Bonchev–Trinajstić information content (AvgIpc) is 2.09. The molecule has 12 heavy (non-hydrogen) atoms. The number of unbranched alkanes of at least 4 members (excludes halogenated alkanes) is 1. The molecule has 0 amide bonds. The lowest BCUT2D eigenvalue weighted by Gasteiger charge is -2.15. The van der Waals surface area contributed by atoms with Gasteiger partial charge in [-0.15, -0.1) is 0 Å². The molecule has 1 aliphatic heterocycles. The molecule has 0 fully saturated rings. The predicted octanol–water partition coefficient (Wildman–Crippen LogP) is 2.82. The van der Waals surface area contributed by atoms with E-state index in [0.717, 1.165) is 11.4 Å². The predicted molar refractivity (Wildman–Crippen MR) is 57.5 cm³/mol. The van der Waals surface area contributed by atoms with Gasteiger partial charge < -0.3 is 0 Å².